The van der Waals surface area contributed by atoms with Gasteiger partial charge >= 0.3 is 11.9 Å². The summed E-state index contributed by atoms with van der Waals surface area (Å²) in [6, 6.07) is 3.19. The average Bonchev–Trinajstić information content (AvgIpc) is 2.42. The Labute approximate surface area is 152 Å². The van der Waals surface area contributed by atoms with Crippen LogP contribution in [0.5, 0.6) is 0 Å². The lowest BCUT2D eigenvalue weighted by atomic mass is 10.1. The maximum absolute atomic E-state index is 13.9. The monoisotopic (exact) mass is 494 g/mol. The minimum Gasteiger partial charge on any atom is -0.419 e. The summed E-state index contributed by atoms with van der Waals surface area (Å²) >= 11 is 4.90. The Kier molecular flexibility index (Phi) is 4.95. The first-order valence-electron chi connectivity index (χ1n) is 6.17. The predicted octanol–water partition coefficient (Wildman–Crippen LogP) is 3.20. The van der Waals surface area contributed by atoms with Gasteiger partial charge in [-0.2, -0.15) is 5.26 Å². The number of halogens is 3. The second-order valence-corrected chi connectivity index (χ2v) is 6.91. The van der Waals surface area contributed by atoms with Crippen molar-refractivity contribution in [2.45, 2.75) is 19.6 Å². The third-order valence-electron chi connectivity index (χ3n) is 2.76. The summed E-state index contributed by atoms with van der Waals surface area (Å²) < 4.78 is 24.5. The van der Waals surface area contributed by atoms with Crippen LogP contribution in [-0.2, 0) is 19.1 Å². The predicted molar refractivity (Wildman–Crippen MR) is 89.5 cm³/mol. The number of nitrogens with zero attached hydrogens (tertiary/aromatic N) is 1. The van der Waals surface area contributed by atoms with Gasteiger partial charge in [-0.05, 0) is 44.6 Å². The maximum atomic E-state index is 13.9. The molecule has 1 fully saturated rings. The molecule has 1 aliphatic heterocycles. The number of nitriles is 1. The summed E-state index contributed by atoms with van der Waals surface area (Å²) in [5.74, 6) is -3.83. The minimum absolute atomic E-state index is 0.131. The zero-order valence-corrected chi connectivity index (χ0v) is 15.6. The zero-order chi connectivity index (χ0) is 17.4. The zero-order valence-electron chi connectivity index (χ0n) is 11.9. The van der Waals surface area contributed by atoms with Crippen LogP contribution in [-0.4, -0.2) is 17.7 Å². The molecule has 0 spiro atoms. The first kappa shape index (κ1) is 17.7. The van der Waals surface area contributed by atoms with E-state index in [9.17, 15) is 14.0 Å². The lowest BCUT2D eigenvalue weighted by Crippen LogP contribution is -2.42. The van der Waals surface area contributed by atoms with Crippen molar-refractivity contribution in [2.75, 3.05) is 5.32 Å². The molecule has 23 heavy (non-hydrogen) atoms. The number of hydrogen-bond acceptors (Lipinski definition) is 6. The number of cyclic esters (lactones) is 2. The van der Waals surface area contributed by atoms with Gasteiger partial charge in [-0.3, -0.25) is 0 Å². The summed E-state index contributed by atoms with van der Waals surface area (Å²) in [6.07, 6.45) is 1.03. The van der Waals surface area contributed by atoms with Crippen molar-refractivity contribution < 1.29 is 23.5 Å². The maximum Gasteiger partial charge on any atom is 0.350 e. The minimum atomic E-state index is -1.35. The molecule has 1 aromatic rings. The number of esters is 2. The molecule has 0 radical (unpaired) electrons. The molecule has 0 aliphatic carbocycles. The van der Waals surface area contributed by atoms with Crippen molar-refractivity contribution in [1.82, 2.24) is 0 Å². The first-order chi connectivity index (χ1) is 10.7. The first-order valence-corrected chi connectivity index (χ1v) is 8.04. The van der Waals surface area contributed by atoms with E-state index in [1.165, 1.54) is 19.9 Å². The Balaban J connectivity index is 2.38. The van der Waals surface area contributed by atoms with Crippen molar-refractivity contribution >= 4 is 56.1 Å². The number of rotatable bonds is 2. The van der Waals surface area contributed by atoms with Crippen LogP contribution in [0.15, 0.2) is 22.3 Å². The van der Waals surface area contributed by atoms with Gasteiger partial charge in [0.15, 0.2) is 11.4 Å². The third-order valence-corrected chi connectivity index (χ3v) is 4.19. The van der Waals surface area contributed by atoms with Gasteiger partial charge in [0.05, 0.1) is 10.2 Å². The summed E-state index contributed by atoms with van der Waals surface area (Å²) in [6.45, 7) is 2.85. The molecule has 0 unspecified atom stereocenters. The summed E-state index contributed by atoms with van der Waals surface area (Å²) in [4.78, 5) is 23.6. The van der Waals surface area contributed by atoms with Gasteiger partial charge in [-0.25, -0.2) is 14.0 Å². The molecule has 6 nitrogen and oxygen atoms in total. The molecule has 2 rings (SSSR count). The molecule has 1 heterocycles. The van der Waals surface area contributed by atoms with Crippen molar-refractivity contribution in [3.8, 4) is 6.07 Å². The second-order valence-electron chi connectivity index (χ2n) is 4.90. The molecule has 0 saturated carbocycles. The van der Waals surface area contributed by atoms with Gasteiger partial charge in [0.1, 0.15) is 11.6 Å². The molecular weight excluding hydrogens is 486 g/mol. The standard InChI is InChI=1S/C14H9BrFIN2O4/c1-14(2)22-12(20)7(13(21)23-14)5-19-11-6(4-18)10(16)8(15)3-9(11)17/h3,5,19H,1-2H3. The van der Waals surface area contributed by atoms with E-state index in [1.807, 2.05) is 22.6 Å². The Morgan fingerprint density at radius 1 is 1.39 bits per heavy atom. The quantitative estimate of drug-likeness (QED) is 0.223. The summed E-state index contributed by atoms with van der Waals surface area (Å²) in [5.41, 5.74) is -0.502. The molecule has 0 atom stereocenters. The number of carbonyl (C=O) groups is 2. The number of nitrogens with one attached hydrogen (secondary N) is 1. The van der Waals surface area contributed by atoms with Crippen molar-refractivity contribution in [3.63, 3.8) is 0 Å². The highest BCUT2D eigenvalue weighted by atomic mass is 127. The van der Waals surface area contributed by atoms with Crippen LogP contribution in [0.25, 0.3) is 0 Å². The number of hydrogen-bond donors (Lipinski definition) is 1. The highest BCUT2D eigenvalue weighted by Crippen LogP contribution is 2.31. The van der Waals surface area contributed by atoms with Crippen LogP contribution in [0.2, 0.25) is 0 Å². The van der Waals surface area contributed by atoms with E-state index in [0.717, 1.165) is 6.20 Å². The molecule has 120 valence electrons. The smallest absolute Gasteiger partial charge is 0.350 e. The highest BCUT2D eigenvalue weighted by Gasteiger charge is 2.39. The van der Waals surface area contributed by atoms with Crippen LogP contribution in [0.1, 0.15) is 19.4 Å². The molecule has 0 bridgehead atoms. The highest BCUT2D eigenvalue weighted by molar-refractivity contribution is 14.1. The largest absolute Gasteiger partial charge is 0.419 e. The van der Waals surface area contributed by atoms with Gasteiger partial charge in [-0.1, -0.05) is 0 Å². The van der Waals surface area contributed by atoms with Gasteiger partial charge in [0, 0.05) is 23.6 Å². The number of anilines is 1. The Morgan fingerprint density at radius 2 is 1.96 bits per heavy atom. The lowest BCUT2D eigenvalue weighted by molar-refractivity contribution is -0.222. The molecule has 1 aromatic carbocycles. The van der Waals surface area contributed by atoms with Crippen molar-refractivity contribution in [3.05, 3.63) is 37.3 Å². The summed E-state index contributed by atoms with van der Waals surface area (Å²) in [5, 5.41) is 11.7. The van der Waals surface area contributed by atoms with Gasteiger partial charge < -0.3 is 14.8 Å². The van der Waals surface area contributed by atoms with Crippen molar-refractivity contribution in [2.24, 2.45) is 0 Å². The fraction of sp³-hybridized carbons (Fsp3) is 0.214. The van der Waals surface area contributed by atoms with E-state index in [0.29, 0.717) is 3.57 Å². The van der Waals surface area contributed by atoms with Crippen LogP contribution >= 0.6 is 38.5 Å². The van der Waals surface area contributed by atoms with Crippen LogP contribution in [0.4, 0.5) is 10.1 Å². The normalized spacial score (nSPS) is 16.3. The molecule has 1 saturated heterocycles. The van der Waals surface area contributed by atoms with E-state index < -0.39 is 23.5 Å². The van der Waals surface area contributed by atoms with E-state index in [2.05, 4.69) is 21.2 Å². The van der Waals surface area contributed by atoms with Gasteiger partial charge in [-0.15, -0.1) is 0 Å². The van der Waals surface area contributed by atoms with Crippen LogP contribution in [0, 0.1) is 20.7 Å². The third kappa shape index (κ3) is 3.64. The van der Waals surface area contributed by atoms with E-state index in [-0.39, 0.29) is 21.3 Å². The molecular formula is C14H9BrFIN2O4. The molecule has 1 aliphatic rings. The second kappa shape index (κ2) is 6.45. The Morgan fingerprint density at radius 3 is 2.48 bits per heavy atom. The molecule has 0 amide bonds. The van der Waals surface area contributed by atoms with E-state index in [4.69, 9.17) is 14.7 Å². The van der Waals surface area contributed by atoms with Gasteiger partial charge in [0.2, 0.25) is 0 Å². The number of carbonyl (C=O) groups excluding carboxylic acids is 2. The van der Waals surface area contributed by atoms with Crippen LogP contribution in [0.3, 0.4) is 0 Å². The van der Waals surface area contributed by atoms with Gasteiger partial charge in [0.25, 0.3) is 5.79 Å². The molecule has 9 heteroatoms. The van der Waals surface area contributed by atoms with E-state index >= 15 is 0 Å². The fourth-order valence-corrected chi connectivity index (χ4v) is 3.36. The Bertz CT molecular complexity index is 764. The van der Waals surface area contributed by atoms with E-state index in [1.54, 1.807) is 6.07 Å². The molecule has 0 aromatic heterocycles. The van der Waals surface area contributed by atoms with Crippen LogP contribution < -0.4 is 5.32 Å². The molecule has 1 N–H and O–H groups in total. The van der Waals surface area contributed by atoms with Crippen molar-refractivity contribution in [1.29, 1.82) is 5.26 Å². The topological polar surface area (TPSA) is 88.4 Å². The summed E-state index contributed by atoms with van der Waals surface area (Å²) in [7, 11) is 0. The average molecular weight is 495 g/mol. The Hall–Kier alpha value is -1.67. The number of ether oxygens (including phenoxy) is 2. The fourth-order valence-electron chi connectivity index (χ4n) is 1.76. The SMILES string of the molecule is CC1(C)OC(=O)C(=CNc2c(I)cc(Br)c(F)c2C#N)C(=O)O1. The number of benzene rings is 1. The lowest BCUT2D eigenvalue weighted by Gasteiger charge is -2.29.